The molecule has 0 N–H and O–H groups in total. The first-order valence-corrected chi connectivity index (χ1v) is 11.5. The molecule has 4 nitrogen and oxygen atoms in total. The van der Waals surface area contributed by atoms with Gasteiger partial charge in [-0.3, -0.25) is 0 Å². The van der Waals surface area contributed by atoms with E-state index in [4.69, 9.17) is 11.3 Å². The van der Waals surface area contributed by atoms with Gasteiger partial charge >= 0.3 is 6.23 Å². The third-order valence-corrected chi connectivity index (χ3v) is 5.69. The van der Waals surface area contributed by atoms with E-state index >= 15 is 0 Å². The normalized spacial score (nSPS) is 11.6. The van der Waals surface area contributed by atoms with Gasteiger partial charge in [-0.1, -0.05) is 69.0 Å². The molecule has 1 unspecified atom stereocenters. The summed E-state index contributed by atoms with van der Waals surface area (Å²) in [7, 11) is 4.11. The Hall–Kier alpha value is -3.32. The summed E-state index contributed by atoms with van der Waals surface area (Å²) in [5.74, 6) is 0.870. The lowest BCUT2D eigenvalue weighted by Crippen LogP contribution is -2.42. The molecule has 0 spiro atoms. The quantitative estimate of drug-likeness (QED) is 0.183. The van der Waals surface area contributed by atoms with Crippen LogP contribution < -0.4 is 14.2 Å². The van der Waals surface area contributed by atoms with E-state index in [9.17, 15) is 0 Å². The third-order valence-electron chi connectivity index (χ3n) is 5.69. The summed E-state index contributed by atoms with van der Waals surface area (Å²) in [6.07, 6.45) is 11.4. The summed E-state index contributed by atoms with van der Waals surface area (Å²) < 4.78 is 8.61. The molecule has 0 saturated carbocycles. The van der Waals surface area contributed by atoms with Crippen molar-refractivity contribution in [2.75, 3.05) is 19.0 Å². The fourth-order valence-electron chi connectivity index (χ4n) is 3.72. The minimum Gasteiger partial charge on any atom is -0.434 e. The zero-order valence-electron chi connectivity index (χ0n) is 19.5. The van der Waals surface area contributed by atoms with Crippen molar-refractivity contribution in [1.82, 2.24) is 0 Å². The number of anilines is 1. The lowest BCUT2D eigenvalue weighted by molar-refractivity contribution is -0.754. The van der Waals surface area contributed by atoms with E-state index in [-0.39, 0.29) is 6.23 Å². The number of aromatic nitrogens is 1. The molecule has 4 heteroatoms. The molecule has 0 aliphatic heterocycles. The second kappa shape index (κ2) is 11.9. The lowest BCUT2D eigenvalue weighted by Gasteiger charge is -2.17. The van der Waals surface area contributed by atoms with Crippen molar-refractivity contribution < 1.29 is 9.30 Å². The van der Waals surface area contributed by atoms with Gasteiger partial charge in [0, 0.05) is 38.3 Å². The van der Waals surface area contributed by atoms with Crippen LogP contribution in [0.25, 0.3) is 16.0 Å². The fourth-order valence-corrected chi connectivity index (χ4v) is 3.72. The van der Waals surface area contributed by atoms with E-state index in [0.717, 1.165) is 29.7 Å². The summed E-state index contributed by atoms with van der Waals surface area (Å²) in [5.41, 5.74) is 4.06. The van der Waals surface area contributed by atoms with Crippen molar-refractivity contribution in [2.24, 2.45) is 0 Å². The molecule has 0 saturated heterocycles. The molecule has 3 rings (SSSR count). The molecule has 0 aliphatic carbocycles. The van der Waals surface area contributed by atoms with Crippen LogP contribution >= 0.6 is 0 Å². The Balaban J connectivity index is 1.71. The van der Waals surface area contributed by atoms with Crippen LogP contribution in [0.5, 0.6) is 5.75 Å². The molecule has 0 bridgehead atoms. The van der Waals surface area contributed by atoms with Crippen molar-refractivity contribution in [3.05, 3.63) is 84.5 Å². The standard InChI is InChI=1S/C28H34N3O/c1-5-6-7-8-9-10-28(31-21-19-26(20-22-31)30(3)4)32-27-17-13-24(14-18-27)23-11-15-25(29-2)16-12-23/h11-22,28H,5-10H2,1,3-4H3/q+1. The maximum atomic E-state index is 7.10. The first kappa shape index (κ1) is 23.3. The van der Waals surface area contributed by atoms with Crippen LogP contribution in [0.1, 0.15) is 51.7 Å². The average Bonchev–Trinajstić information content (AvgIpc) is 2.84. The maximum Gasteiger partial charge on any atom is 0.301 e. The van der Waals surface area contributed by atoms with Crippen molar-refractivity contribution in [2.45, 2.75) is 51.7 Å². The Morgan fingerprint density at radius 1 is 0.844 bits per heavy atom. The van der Waals surface area contributed by atoms with Gasteiger partial charge < -0.3 is 9.64 Å². The van der Waals surface area contributed by atoms with E-state index in [2.05, 4.69) is 72.0 Å². The number of rotatable bonds is 11. The Kier molecular flexibility index (Phi) is 8.69. The highest BCUT2D eigenvalue weighted by molar-refractivity contribution is 5.66. The summed E-state index contributed by atoms with van der Waals surface area (Å²) in [4.78, 5) is 5.57. The van der Waals surface area contributed by atoms with Crippen LogP contribution in [0.2, 0.25) is 0 Å². The molecular weight excluding hydrogens is 394 g/mol. The number of unbranched alkanes of at least 4 members (excludes halogenated alkanes) is 4. The van der Waals surface area contributed by atoms with E-state index in [1.54, 1.807) is 0 Å². The Morgan fingerprint density at radius 2 is 1.44 bits per heavy atom. The summed E-state index contributed by atoms with van der Waals surface area (Å²) >= 11 is 0. The highest BCUT2D eigenvalue weighted by Gasteiger charge is 2.20. The SMILES string of the molecule is [C-]#[N+]c1ccc(-c2ccc(OC(CCCCCCC)[n+]3ccc(N(C)C)cc3)cc2)cc1. The minimum absolute atomic E-state index is 0.0309. The van der Waals surface area contributed by atoms with Gasteiger partial charge in [0.05, 0.1) is 6.57 Å². The van der Waals surface area contributed by atoms with Crippen LogP contribution in [-0.4, -0.2) is 14.1 Å². The maximum absolute atomic E-state index is 7.10. The smallest absolute Gasteiger partial charge is 0.301 e. The predicted molar refractivity (Wildman–Crippen MR) is 132 cm³/mol. The van der Waals surface area contributed by atoms with Crippen molar-refractivity contribution in [1.29, 1.82) is 0 Å². The topological polar surface area (TPSA) is 20.7 Å². The van der Waals surface area contributed by atoms with Crippen LogP contribution in [0.15, 0.2) is 73.1 Å². The van der Waals surface area contributed by atoms with Gasteiger partial charge in [-0.2, -0.15) is 4.57 Å². The summed E-state index contributed by atoms with van der Waals surface area (Å²) in [6.45, 7) is 9.35. The molecule has 0 amide bonds. The van der Waals surface area contributed by atoms with Crippen LogP contribution in [-0.2, 0) is 0 Å². The van der Waals surface area contributed by atoms with Gasteiger partial charge in [-0.25, -0.2) is 4.85 Å². The van der Waals surface area contributed by atoms with Gasteiger partial charge in [-0.05, 0) is 29.7 Å². The molecule has 32 heavy (non-hydrogen) atoms. The molecule has 1 atom stereocenters. The second-order valence-electron chi connectivity index (χ2n) is 8.36. The zero-order chi connectivity index (χ0) is 22.8. The first-order chi connectivity index (χ1) is 15.6. The van der Waals surface area contributed by atoms with Gasteiger partial charge in [-0.15, -0.1) is 0 Å². The van der Waals surface area contributed by atoms with Crippen LogP contribution in [0, 0.1) is 6.57 Å². The number of hydrogen-bond acceptors (Lipinski definition) is 2. The first-order valence-electron chi connectivity index (χ1n) is 11.5. The molecule has 0 radical (unpaired) electrons. The molecule has 2 aromatic carbocycles. The molecule has 166 valence electrons. The average molecular weight is 429 g/mol. The highest BCUT2D eigenvalue weighted by Crippen LogP contribution is 2.26. The monoisotopic (exact) mass is 428 g/mol. The van der Waals surface area contributed by atoms with E-state index in [1.807, 2.05) is 36.4 Å². The molecule has 0 fully saturated rings. The van der Waals surface area contributed by atoms with E-state index in [0.29, 0.717) is 5.69 Å². The van der Waals surface area contributed by atoms with Gasteiger partial charge in [0.2, 0.25) is 0 Å². The van der Waals surface area contributed by atoms with Crippen molar-refractivity contribution in [3.8, 4) is 16.9 Å². The zero-order valence-corrected chi connectivity index (χ0v) is 19.5. The van der Waals surface area contributed by atoms with Gasteiger partial charge in [0.15, 0.2) is 18.1 Å². The van der Waals surface area contributed by atoms with Crippen molar-refractivity contribution >= 4 is 11.4 Å². The number of hydrogen-bond donors (Lipinski definition) is 0. The largest absolute Gasteiger partial charge is 0.434 e. The molecule has 1 aromatic heterocycles. The summed E-state index contributed by atoms with van der Waals surface area (Å²) in [6, 6.07) is 20.2. The van der Waals surface area contributed by atoms with Crippen molar-refractivity contribution in [3.63, 3.8) is 0 Å². The van der Waals surface area contributed by atoms with E-state index < -0.39 is 0 Å². The fraction of sp³-hybridized carbons (Fsp3) is 0.357. The number of pyridine rings is 1. The molecular formula is C28H34N3O+. The Morgan fingerprint density at radius 3 is 2.00 bits per heavy atom. The van der Waals surface area contributed by atoms with Gasteiger partial charge in [0.25, 0.3) is 0 Å². The summed E-state index contributed by atoms with van der Waals surface area (Å²) in [5, 5.41) is 0. The number of ether oxygens (including phenoxy) is 1. The number of benzene rings is 2. The van der Waals surface area contributed by atoms with Gasteiger partial charge in [0.1, 0.15) is 5.75 Å². The molecule has 0 aliphatic rings. The lowest BCUT2D eigenvalue weighted by atomic mass is 10.1. The second-order valence-corrected chi connectivity index (χ2v) is 8.36. The van der Waals surface area contributed by atoms with E-state index in [1.165, 1.54) is 31.4 Å². The minimum atomic E-state index is -0.0309. The third kappa shape index (κ3) is 6.59. The Bertz CT molecular complexity index is 987. The predicted octanol–water partition coefficient (Wildman–Crippen LogP) is 7.20. The van der Waals surface area contributed by atoms with Crippen LogP contribution in [0.3, 0.4) is 0 Å². The highest BCUT2D eigenvalue weighted by atomic mass is 16.5. The van der Waals surface area contributed by atoms with Crippen LogP contribution in [0.4, 0.5) is 11.4 Å². The molecule has 3 aromatic rings. The molecule has 1 heterocycles. The number of nitrogens with zero attached hydrogens (tertiary/aromatic N) is 3. The Labute approximate surface area is 192 Å².